The van der Waals surface area contributed by atoms with E-state index in [1.807, 2.05) is 25.5 Å². The first kappa shape index (κ1) is 19.4. The van der Waals surface area contributed by atoms with Crippen molar-refractivity contribution in [1.29, 1.82) is 0 Å². The van der Waals surface area contributed by atoms with E-state index in [-0.39, 0.29) is 17.4 Å². The van der Waals surface area contributed by atoms with Crippen molar-refractivity contribution in [3.63, 3.8) is 0 Å². The molecule has 0 saturated carbocycles. The van der Waals surface area contributed by atoms with Crippen LogP contribution in [0, 0.1) is 0 Å². The molecule has 2 rings (SSSR count). The minimum absolute atomic E-state index is 0.230. The lowest BCUT2D eigenvalue weighted by Gasteiger charge is -2.23. The zero-order chi connectivity index (χ0) is 18.8. The number of carbonyl (C=O) groups is 1. The van der Waals surface area contributed by atoms with Crippen molar-refractivity contribution in [3.05, 3.63) is 41.7 Å². The zero-order valence-electron chi connectivity index (χ0n) is 15.0. The second kappa shape index (κ2) is 7.56. The predicted molar refractivity (Wildman–Crippen MR) is 97.6 cm³/mol. The molecule has 1 amide bonds. The molecule has 0 aliphatic carbocycles. The number of anilines is 1. The third-order valence-electron chi connectivity index (χ3n) is 3.53. The Kier molecular flexibility index (Phi) is 5.87. The summed E-state index contributed by atoms with van der Waals surface area (Å²) in [6.45, 7) is 10.2. The number of benzene rings is 1. The van der Waals surface area contributed by atoms with Crippen LogP contribution in [0.25, 0.3) is 0 Å². The summed E-state index contributed by atoms with van der Waals surface area (Å²) < 4.78 is 26.5. The molecule has 0 saturated heterocycles. The maximum Gasteiger partial charge on any atom is 0.288 e. The van der Waals surface area contributed by atoms with Crippen LogP contribution in [-0.4, -0.2) is 21.4 Å². The molecule has 4 nitrogen and oxygen atoms in total. The number of hydrogen-bond donors (Lipinski definition) is 1. The summed E-state index contributed by atoms with van der Waals surface area (Å²) in [5.74, 6) is -2.55. The van der Waals surface area contributed by atoms with E-state index in [9.17, 15) is 13.6 Å². The standard InChI is InChI=1S/C18H23F2N3OS/c1-11(2)15-10-14(22-23(15)18(3,4)5)16(24)21-12-6-8-13(9-7-12)25-17(19)20/h6-11,17H,1-5H3,(H,21,24). The molecule has 0 aliphatic rings. The molecule has 0 fully saturated rings. The fraction of sp³-hybridized carbons (Fsp3) is 0.444. The molecule has 0 aliphatic heterocycles. The number of rotatable bonds is 5. The van der Waals surface area contributed by atoms with Crippen LogP contribution in [0.4, 0.5) is 14.5 Å². The molecule has 7 heteroatoms. The van der Waals surface area contributed by atoms with Crippen LogP contribution < -0.4 is 5.32 Å². The van der Waals surface area contributed by atoms with Crippen LogP contribution >= 0.6 is 11.8 Å². The number of nitrogens with zero attached hydrogens (tertiary/aromatic N) is 2. The molecule has 0 spiro atoms. The van der Waals surface area contributed by atoms with Gasteiger partial charge in [0.25, 0.3) is 11.7 Å². The van der Waals surface area contributed by atoms with Crippen molar-refractivity contribution < 1.29 is 13.6 Å². The maximum atomic E-state index is 12.5. The van der Waals surface area contributed by atoms with Crippen LogP contribution in [0.3, 0.4) is 0 Å². The lowest BCUT2D eigenvalue weighted by atomic mass is 10.1. The van der Waals surface area contributed by atoms with Gasteiger partial charge in [-0.15, -0.1) is 0 Å². The van der Waals surface area contributed by atoms with E-state index >= 15 is 0 Å². The Morgan fingerprint density at radius 2 is 1.80 bits per heavy atom. The summed E-state index contributed by atoms with van der Waals surface area (Å²) in [5.41, 5.74) is 1.64. The molecule has 1 N–H and O–H groups in total. The van der Waals surface area contributed by atoms with Gasteiger partial charge in [0.15, 0.2) is 5.69 Å². The number of thioether (sulfide) groups is 1. The highest BCUT2D eigenvalue weighted by Gasteiger charge is 2.23. The van der Waals surface area contributed by atoms with E-state index in [1.165, 1.54) is 0 Å². The van der Waals surface area contributed by atoms with Gasteiger partial charge in [-0.1, -0.05) is 25.6 Å². The minimum atomic E-state index is -2.46. The summed E-state index contributed by atoms with van der Waals surface area (Å²) in [5, 5.41) is 7.22. The molecule has 0 bridgehead atoms. The zero-order valence-corrected chi connectivity index (χ0v) is 15.8. The number of halogens is 2. The predicted octanol–water partition coefficient (Wildman–Crippen LogP) is 5.33. The molecular formula is C18H23F2N3OS. The van der Waals surface area contributed by atoms with Gasteiger partial charge in [0.05, 0.1) is 5.54 Å². The van der Waals surface area contributed by atoms with Gasteiger partial charge in [0, 0.05) is 16.3 Å². The van der Waals surface area contributed by atoms with Crippen molar-refractivity contribution in [2.24, 2.45) is 0 Å². The monoisotopic (exact) mass is 367 g/mol. The quantitative estimate of drug-likeness (QED) is 0.727. The largest absolute Gasteiger partial charge is 0.321 e. The molecule has 1 aromatic carbocycles. The van der Waals surface area contributed by atoms with Crippen LogP contribution in [0.15, 0.2) is 35.2 Å². The van der Waals surface area contributed by atoms with Gasteiger partial charge in [-0.2, -0.15) is 13.9 Å². The average Bonchev–Trinajstić information content (AvgIpc) is 2.94. The second-order valence-electron chi connectivity index (χ2n) is 7.05. The van der Waals surface area contributed by atoms with E-state index in [4.69, 9.17) is 0 Å². The maximum absolute atomic E-state index is 12.5. The molecule has 0 unspecified atom stereocenters. The SMILES string of the molecule is CC(C)c1cc(C(=O)Nc2ccc(SC(F)F)cc2)nn1C(C)(C)C. The van der Waals surface area contributed by atoms with Crippen LogP contribution in [0.2, 0.25) is 0 Å². The lowest BCUT2D eigenvalue weighted by Crippen LogP contribution is -2.26. The van der Waals surface area contributed by atoms with Crippen molar-refractivity contribution >= 4 is 23.4 Å². The van der Waals surface area contributed by atoms with Gasteiger partial charge in [0.1, 0.15) is 0 Å². The number of amides is 1. The lowest BCUT2D eigenvalue weighted by molar-refractivity contribution is 0.102. The normalized spacial score (nSPS) is 12.0. The Labute approximate surface area is 151 Å². The van der Waals surface area contributed by atoms with E-state index < -0.39 is 5.76 Å². The van der Waals surface area contributed by atoms with Gasteiger partial charge < -0.3 is 5.32 Å². The Morgan fingerprint density at radius 1 is 1.20 bits per heavy atom. The third kappa shape index (κ3) is 5.04. The molecule has 2 aromatic rings. The topological polar surface area (TPSA) is 46.9 Å². The summed E-state index contributed by atoms with van der Waals surface area (Å²) in [6.07, 6.45) is 0. The Hall–Kier alpha value is -1.89. The number of alkyl halides is 2. The van der Waals surface area contributed by atoms with Gasteiger partial charge in [0.2, 0.25) is 0 Å². The fourth-order valence-corrected chi connectivity index (χ4v) is 2.87. The van der Waals surface area contributed by atoms with Gasteiger partial charge in [-0.25, -0.2) is 0 Å². The fourth-order valence-electron chi connectivity index (χ4n) is 2.37. The van der Waals surface area contributed by atoms with Gasteiger partial charge >= 0.3 is 0 Å². The molecule has 1 aromatic heterocycles. The van der Waals surface area contributed by atoms with E-state index in [0.29, 0.717) is 28.0 Å². The first-order valence-corrected chi connectivity index (χ1v) is 8.92. The Bertz CT molecular complexity index is 734. The molecule has 0 atom stereocenters. The highest BCUT2D eigenvalue weighted by Crippen LogP contribution is 2.27. The summed E-state index contributed by atoms with van der Waals surface area (Å²) in [6, 6.07) is 8.12. The molecular weight excluding hydrogens is 344 g/mol. The van der Waals surface area contributed by atoms with Crippen molar-refractivity contribution in [1.82, 2.24) is 9.78 Å². The Balaban J connectivity index is 2.18. The number of hydrogen-bond acceptors (Lipinski definition) is 3. The molecule has 0 radical (unpaired) electrons. The summed E-state index contributed by atoms with van der Waals surface area (Å²) in [4.78, 5) is 12.9. The summed E-state index contributed by atoms with van der Waals surface area (Å²) >= 11 is 0.472. The van der Waals surface area contributed by atoms with Crippen LogP contribution in [0.5, 0.6) is 0 Å². The van der Waals surface area contributed by atoms with Crippen LogP contribution in [-0.2, 0) is 5.54 Å². The summed E-state index contributed by atoms with van der Waals surface area (Å²) in [7, 11) is 0. The van der Waals surface area contributed by atoms with E-state index in [0.717, 1.165) is 5.69 Å². The van der Waals surface area contributed by atoms with Crippen molar-refractivity contribution in [2.75, 3.05) is 5.32 Å². The first-order valence-electron chi connectivity index (χ1n) is 8.04. The van der Waals surface area contributed by atoms with Gasteiger partial charge in [-0.05, 0) is 57.0 Å². The third-order valence-corrected chi connectivity index (χ3v) is 4.26. The number of aromatic nitrogens is 2. The molecule has 1 heterocycles. The number of carbonyl (C=O) groups excluding carboxylic acids is 1. The first-order chi connectivity index (χ1) is 11.6. The second-order valence-corrected chi connectivity index (χ2v) is 8.11. The van der Waals surface area contributed by atoms with Crippen molar-refractivity contribution in [2.45, 2.75) is 56.7 Å². The van der Waals surface area contributed by atoms with Crippen molar-refractivity contribution in [3.8, 4) is 0 Å². The number of nitrogens with one attached hydrogen (secondary N) is 1. The minimum Gasteiger partial charge on any atom is -0.321 e. The Morgan fingerprint density at radius 3 is 2.24 bits per heavy atom. The highest BCUT2D eigenvalue weighted by molar-refractivity contribution is 7.99. The molecule has 136 valence electrons. The van der Waals surface area contributed by atoms with E-state index in [2.05, 4.69) is 24.3 Å². The average molecular weight is 367 g/mol. The van der Waals surface area contributed by atoms with Gasteiger partial charge in [-0.3, -0.25) is 9.48 Å². The van der Waals surface area contributed by atoms with Crippen LogP contribution in [0.1, 0.15) is 56.7 Å². The molecule has 25 heavy (non-hydrogen) atoms. The van der Waals surface area contributed by atoms with E-state index in [1.54, 1.807) is 30.3 Å². The highest BCUT2D eigenvalue weighted by atomic mass is 32.2. The smallest absolute Gasteiger partial charge is 0.288 e.